The van der Waals surface area contributed by atoms with Crippen molar-refractivity contribution in [2.24, 2.45) is 4.99 Å². The smallest absolute Gasteiger partial charge is 0.191 e. The van der Waals surface area contributed by atoms with Crippen LogP contribution in [0.15, 0.2) is 64.3 Å². The highest BCUT2D eigenvalue weighted by Gasteiger charge is 2.26. The molecule has 2 heterocycles. The fourth-order valence-corrected chi connectivity index (χ4v) is 2.92. The van der Waals surface area contributed by atoms with E-state index in [9.17, 15) is 5.11 Å². The number of nitrogens with one attached hydrogen (secondary N) is 2. The van der Waals surface area contributed by atoms with Gasteiger partial charge in [-0.3, -0.25) is 4.98 Å². The number of nitrogens with zero attached hydrogens (tertiary/aromatic N) is 2. The highest BCUT2D eigenvalue weighted by Crippen LogP contribution is 2.21. The van der Waals surface area contributed by atoms with Gasteiger partial charge in [-0.2, -0.15) is 0 Å². The summed E-state index contributed by atoms with van der Waals surface area (Å²) in [5, 5.41) is 18.2. The van der Waals surface area contributed by atoms with Crippen molar-refractivity contribution >= 4 is 16.9 Å². The molecule has 0 saturated heterocycles. The van der Waals surface area contributed by atoms with Crippen LogP contribution >= 0.6 is 0 Å². The van der Waals surface area contributed by atoms with Crippen molar-refractivity contribution in [3.8, 4) is 0 Å². The largest absolute Gasteiger partial charge is 0.466 e. The van der Waals surface area contributed by atoms with Gasteiger partial charge in [-0.15, -0.1) is 0 Å². The van der Waals surface area contributed by atoms with Gasteiger partial charge in [-0.05, 0) is 44.0 Å². The van der Waals surface area contributed by atoms with Gasteiger partial charge in [0.2, 0.25) is 0 Å². The average Bonchev–Trinajstić information content (AvgIpc) is 3.22. The van der Waals surface area contributed by atoms with Crippen molar-refractivity contribution in [1.82, 2.24) is 15.6 Å². The van der Waals surface area contributed by atoms with Crippen molar-refractivity contribution in [3.05, 3.63) is 66.2 Å². The van der Waals surface area contributed by atoms with Gasteiger partial charge in [0, 0.05) is 24.7 Å². The molecule has 2 aromatic heterocycles. The van der Waals surface area contributed by atoms with Gasteiger partial charge in [0.15, 0.2) is 5.96 Å². The van der Waals surface area contributed by atoms with Crippen molar-refractivity contribution in [1.29, 1.82) is 0 Å². The molecule has 0 aliphatic rings. The van der Waals surface area contributed by atoms with Crippen LogP contribution in [0.3, 0.4) is 0 Å². The number of aliphatic imine (C=N–C) groups is 1. The van der Waals surface area contributed by atoms with Crippen LogP contribution in [0.25, 0.3) is 10.9 Å². The third-order valence-corrected chi connectivity index (χ3v) is 4.34. The Bertz CT molecular complexity index is 883. The molecule has 0 fully saturated rings. The molecule has 0 aliphatic heterocycles. The molecule has 1 aromatic carbocycles. The third-order valence-electron chi connectivity index (χ3n) is 4.34. The van der Waals surface area contributed by atoms with Gasteiger partial charge in [0.25, 0.3) is 0 Å². The Morgan fingerprint density at radius 2 is 2.04 bits per heavy atom. The molecule has 0 spiro atoms. The zero-order chi connectivity index (χ0) is 19.1. The van der Waals surface area contributed by atoms with E-state index < -0.39 is 5.60 Å². The summed E-state index contributed by atoms with van der Waals surface area (Å²) >= 11 is 0. The normalized spacial score (nSPS) is 14.1. The minimum Gasteiger partial charge on any atom is -0.466 e. The summed E-state index contributed by atoms with van der Waals surface area (Å²) in [6.07, 6.45) is 4.20. The molecule has 0 aliphatic carbocycles. The molecule has 0 saturated carbocycles. The predicted molar refractivity (Wildman–Crippen MR) is 108 cm³/mol. The van der Waals surface area contributed by atoms with Crippen molar-refractivity contribution in [3.63, 3.8) is 0 Å². The van der Waals surface area contributed by atoms with Crippen LogP contribution in [0.1, 0.15) is 25.2 Å². The second-order valence-electron chi connectivity index (χ2n) is 6.62. The summed E-state index contributed by atoms with van der Waals surface area (Å²) in [5.41, 5.74) is 1.08. The number of para-hydroxylation sites is 1. The molecule has 27 heavy (non-hydrogen) atoms. The molecule has 0 radical (unpaired) electrons. The summed E-state index contributed by atoms with van der Waals surface area (Å²) in [4.78, 5) is 9.00. The number of hydrogen-bond donors (Lipinski definition) is 3. The van der Waals surface area contributed by atoms with Crippen LogP contribution < -0.4 is 10.6 Å². The molecule has 1 atom stereocenters. The van der Waals surface area contributed by atoms with Gasteiger partial charge in [0.05, 0.1) is 18.3 Å². The van der Waals surface area contributed by atoms with E-state index in [0.29, 0.717) is 18.3 Å². The van der Waals surface area contributed by atoms with E-state index in [1.165, 1.54) is 5.56 Å². The number of fused-ring (bicyclic) bond motifs is 1. The van der Waals surface area contributed by atoms with E-state index in [-0.39, 0.29) is 6.54 Å². The maximum absolute atomic E-state index is 10.5. The van der Waals surface area contributed by atoms with Crippen molar-refractivity contribution in [2.45, 2.75) is 25.9 Å². The van der Waals surface area contributed by atoms with Crippen LogP contribution in [0.2, 0.25) is 0 Å². The Morgan fingerprint density at radius 1 is 1.19 bits per heavy atom. The summed E-state index contributed by atoms with van der Waals surface area (Å²) in [5.74, 6) is 1.17. The van der Waals surface area contributed by atoms with Crippen LogP contribution in [-0.4, -0.2) is 35.7 Å². The molecular weight excluding hydrogens is 340 g/mol. The highest BCUT2D eigenvalue weighted by atomic mass is 16.4. The second-order valence-corrected chi connectivity index (χ2v) is 6.62. The summed E-state index contributed by atoms with van der Waals surface area (Å²) in [7, 11) is 0. The number of guanidine groups is 1. The van der Waals surface area contributed by atoms with Gasteiger partial charge in [0.1, 0.15) is 11.4 Å². The molecule has 6 nitrogen and oxygen atoms in total. The highest BCUT2D eigenvalue weighted by molar-refractivity contribution is 5.82. The molecule has 142 valence electrons. The molecule has 3 N–H and O–H groups in total. The van der Waals surface area contributed by atoms with Crippen LogP contribution in [0.4, 0.5) is 0 Å². The standard InChI is InChI=1S/C21H26N4O2/c1-3-22-20(25-15-21(2,26)18-10-6-14-27-18)24-13-11-17-8-4-7-16-9-5-12-23-19(16)17/h4-10,12,14,26H,3,11,13,15H2,1-2H3,(H2,22,24,25). The monoisotopic (exact) mass is 366 g/mol. The third kappa shape index (κ3) is 4.86. The van der Waals surface area contributed by atoms with E-state index in [1.54, 1.807) is 25.3 Å². The maximum atomic E-state index is 10.5. The van der Waals surface area contributed by atoms with Crippen molar-refractivity contribution in [2.75, 3.05) is 19.6 Å². The van der Waals surface area contributed by atoms with Gasteiger partial charge in [-0.1, -0.05) is 24.3 Å². The quantitative estimate of drug-likeness (QED) is 0.442. The Morgan fingerprint density at radius 3 is 2.81 bits per heavy atom. The van der Waals surface area contributed by atoms with E-state index in [4.69, 9.17) is 4.42 Å². The SMILES string of the molecule is CCNC(=NCC(C)(O)c1ccco1)NCCc1cccc2cccnc12. The fraction of sp³-hybridized carbons (Fsp3) is 0.333. The summed E-state index contributed by atoms with van der Waals surface area (Å²) in [6.45, 7) is 5.36. The molecule has 3 rings (SSSR count). The lowest BCUT2D eigenvalue weighted by Gasteiger charge is -2.19. The fourth-order valence-electron chi connectivity index (χ4n) is 2.92. The van der Waals surface area contributed by atoms with Gasteiger partial charge >= 0.3 is 0 Å². The Kier molecular flexibility index (Phi) is 6.08. The van der Waals surface area contributed by atoms with Crippen LogP contribution in [0, 0.1) is 0 Å². The molecule has 6 heteroatoms. The number of benzene rings is 1. The lowest BCUT2D eigenvalue weighted by molar-refractivity contribution is 0.0437. The molecule has 3 aromatic rings. The van der Waals surface area contributed by atoms with E-state index in [0.717, 1.165) is 23.9 Å². The van der Waals surface area contributed by atoms with Crippen LogP contribution in [0.5, 0.6) is 0 Å². The lowest BCUT2D eigenvalue weighted by Crippen LogP contribution is -2.39. The first-order valence-corrected chi connectivity index (χ1v) is 9.21. The van der Waals surface area contributed by atoms with Crippen LogP contribution in [-0.2, 0) is 12.0 Å². The van der Waals surface area contributed by atoms with E-state index in [1.807, 2.05) is 19.2 Å². The topological polar surface area (TPSA) is 82.7 Å². The van der Waals surface area contributed by atoms with E-state index >= 15 is 0 Å². The minimum absolute atomic E-state index is 0.200. The summed E-state index contributed by atoms with van der Waals surface area (Å²) in [6, 6.07) is 13.8. The molecule has 0 amide bonds. The number of pyridine rings is 1. The second kappa shape index (κ2) is 8.68. The molecular formula is C21H26N4O2. The van der Waals surface area contributed by atoms with E-state index in [2.05, 4.69) is 44.9 Å². The average molecular weight is 366 g/mol. The number of furan rings is 1. The number of hydrogen-bond acceptors (Lipinski definition) is 4. The first kappa shape index (κ1) is 18.9. The first-order valence-electron chi connectivity index (χ1n) is 9.21. The Balaban J connectivity index is 1.62. The number of aromatic nitrogens is 1. The molecule has 0 bridgehead atoms. The number of rotatable bonds is 7. The summed E-state index contributed by atoms with van der Waals surface area (Å²) < 4.78 is 5.30. The minimum atomic E-state index is -1.15. The van der Waals surface area contributed by atoms with Gasteiger partial charge < -0.3 is 20.2 Å². The Hall–Kier alpha value is -2.86. The molecule has 1 unspecified atom stereocenters. The lowest BCUT2D eigenvalue weighted by atomic mass is 10.0. The predicted octanol–water partition coefficient (Wildman–Crippen LogP) is 2.83. The Labute approximate surface area is 159 Å². The van der Waals surface area contributed by atoms with Gasteiger partial charge in [-0.25, -0.2) is 4.99 Å². The number of aliphatic hydroxyl groups is 1. The zero-order valence-corrected chi connectivity index (χ0v) is 15.8. The maximum Gasteiger partial charge on any atom is 0.191 e. The zero-order valence-electron chi connectivity index (χ0n) is 15.8. The van der Waals surface area contributed by atoms with Crippen molar-refractivity contribution < 1.29 is 9.52 Å². The first-order chi connectivity index (χ1) is 13.1.